The van der Waals surface area contributed by atoms with Gasteiger partial charge in [0.25, 0.3) is 0 Å². The minimum absolute atomic E-state index is 0.0755. The smallest absolute Gasteiger partial charge is 0.404 e. The number of allylic oxidation sites excluding steroid dienone is 2. The lowest BCUT2D eigenvalue weighted by Crippen LogP contribution is -2.55. The SMILES string of the molecule is COC12C(COC(N)=O)C3=C(C(=O)C(C)=C(Nc4nc(C)cs4)C3=O)N1CC1NC12. The van der Waals surface area contributed by atoms with Crippen molar-refractivity contribution < 1.29 is 23.9 Å². The van der Waals surface area contributed by atoms with Gasteiger partial charge in [-0.05, 0) is 13.8 Å². The molecule has 3 aliphatic heterocycles. The van der Waals surface area contributed by atoms with Gasteiger partial charge in [-0.1, -0.05) is 0 Å². The van der Waals surface area contributed by atoms with Crippen molar-refractivity contribution in [3.8, 4) is 0 Å². The highest BCUT2D eigenvalue weighted by atomic mass is 32.1. The van der Waals surface area contributed by atoms with Gasteiger partial charge in [0.2, 0.25) is 11.6 Å². The Morgan fingerprint density at radius 2 is 2.20 bits per heavy atom. The first kappa shape index (κ1) is 19.2. The molecule has 1 aromatic rings. The number of Topliss-reactive ketones (excluding diaryl/α,β-unsaturated/α-hetero) is 2. The van der Waals surface area contributed by atoms with Crippen LogP contribution >= 0.6 is 11.3 Å². The van der Waals surface area contributed by atoms with Crippen LogP contribution in [0.4, 0.5) is 9.93 Å². The Balaban J connectivity index is 1.58. The zero-order valence-electron chi connectivity index (χ0n) is 16.6. The number of carbonyl (C=O) groups is 3. The second-order valence-corrected chi connectivity index (χ2v) is 8.70. The lowest BCUT2D eigenvalue weighted by molar-refractivity contribution is -0.137. The van der Waals surface area contributed by atoms with E-state index in [4.69, 9.17) is 15.2 Å². The highest BCUT2D eigenvalue weighted by Gasteiger charge is 2.72. The summed E-state index contributed by atoms with van der Waals surface area (Å²) in [6.07, 6.45) is -0.946. The molecule has 1 aromatic heterocycles. The van der Waals surface area contributed by atoms with Crippen LogP contribution in [0.1, 0.15) is 12.6 Å². The van der Waals surface area contributed by atoms with Gasteiger partial charge in [0, 0.05) is 36.2 Å². The van der Waals surface area contributed by atoms with Gasteiger partial charge in [-0.15, -0.1) is 11.3 Å². The monoisotopic (exact) mass is 431 g/mol. The molecule has 0 bridgehead atoms. The molecule has 0 aromatic carbocycles. The second kappa shape index (κ2) is 6.37. The van der Waals surface area contributed by atoms with Crippen molar-refractivity contribution in [1.29, 1.82) is 0 Å². The van der Waals surface area contributed by atoms with Crippen molar-refractivity contribution in [3.05, 3.63) is 33.6 Å². The lowest BCUT2D eigenvalue weighted by atomic mass is 9.82. The maximum absolute atomic E-state index is 13.6. The first-order valence-corrected chi connectivity index (χ1v) is 10.4. The molecule has 10 nitrogen and oxygen atoms in total. The number of piperazine rings is 1. The summed E-state index contributed by atoms with van der Waals surface area (Å²) in [7, 11) is 1.54. The minimum atomic E-state index is -0.983. The molecule has 4 heterocycles. The molecule has 4 aliphatic rings. The fourth-order valence-corrected chi connectivity index (χ4v) is 5.65. The van der Waals surface area contributed by atoms with E-state index >= 15 is 0 Å². The third-order valence-electron chi connectivity index (χ3n) is 6.28. The quantitative estimate of drug-likeness (QED) is 0.441. The maximum atomic E-state index is 13.6. The van der Waals surface area contributed by atoms with Gasteiger partial charge in [-0.2, -0.15) is 0 Å². The molecule has 2 saturated heterocycles. The molecule has 4 atom stereocenters. The fraction of sp³-hybridized carbons (Fsp3) is 0.474. The van der Waals surface area contributed by atoms with Crippen LogP contribution in [0.3, 0.4) is 0 Å². The highest BCUT2D eigenvalue weighted by molar-refractivity contribution is 7.13. The number of anilines is 1. The van der Waals surface area contributed by atoms with Crippen molar-refractivity contribution in [1.82, 2.24) is 15.2 Å². The number of hydrogen-bond donors (Lipinski definition) is 3. The van der Waals surface area contributed by atoms with Crippen LogP contribution < -0.4 is 16.4 Å². The summed E-state index contributed by atoms with van der Waals surface area (Å²) in [6, 6.07) is 0.0774. The van der Waals surface area contributed by atoms with Gasteiger partial charge < -0.3 is 30.7 Å². The molecule has 0 spiro atoms. The number of ketones is 2. The van der Waals surface area contributed by atoms with Crippen molar-refractivity contribution >= 4 is 34.1 Å². The number of hydrogen-bond acceptors (Lipinski definition) is 10. The number of rotatable bonds is 5. The Morgan fingerprint density at radius 1 is 1.43 bits per heavy atom. The van der Waals surface area contributed by atoms with E-state index in [0.29, 0.717) is 22.9 Å². The number of aryl methyl sites for hydroxylation is 1. The Labute approximate surface area is 176 Å². The number of ether oxygens (including phenoxy) is 2. The van der Waals surface area contributed by atoms with E-state index in [-0.39, 0.29) is 41.5 Å². The van der Waals surface area contributed by atoms with Gasteiger partial charge in [0.1, 0.15) is 6.61 Å². The molecule has 11 heteroatoms. The molecule has 4 N–H and O–H groups in total. The van der Waals surface area contributed by atoms with E-state index in [2.05, 4.69) is 15.6 Å². The van der Waals surface area contributed by atoms with Gasteiger partial charge >= 0.3 is 6.09 Å². The molecule has 1 aliphatic carbocycles. The molecule has 1 amide bonds. The fourth-order valence-electron chi connectivity index (χ4n) is 4.96. The summed E-state index contributed by atoms with van der Waals surface area (Å²) in [5, 5.41) is 8.73. The van der Waals surface area contributed by atoms with Crippen molar-refractivity contribution in [2.24, 2.45) is 11.7 Å². The molecule has 158 valence electrons. The van der Waals surface area contributed by atoms with E-state index in [1.54, 1.807) is 6.92 Å². The summed E-state index contributed by atoms with van der Waals surface area (Å²) in [6.45, 7) is 3.85. The first-order valence-electron chi connectivity index (χ1n) is 9.54. The van der Waals surface area contributed by atoms with E-state index < -0.39 is 17.7 Å². The molecule has 2 fully saturated rings. The average Bonchev–Trinajstić information content (AvgIpc) is 3.10. The zero-order valence-corrected chi connectivity index (χ0v) is 17.5. The summed E-state index contributed by atoms with van der Waals surface area (Å²) in [5.74, 6) is -1.23. The van der Waals surface area contributed by atoms with Crippen molar-refractivity contribution in [3.63, 3.8) is 0 Å². The summed E-state index contributed by atoms with van der Waals surface area (Å²) in [4.78, 5) is 44.5. The minimum Gasteiger partial charge on any atom is -0.449 e. The molecular formula is C19H21N5O5S. The number of fused-ring (bicyclic) bond motifs is 4. The van der Waals surface area contributed by atoms with E-state index in [9.17, 15) is 14.4 Å². The summed E-state index contributed by atoms with van der Waals surface area (Å²) in [5.41, 5.74) is 6.15. The van der Waals surface area contributed by atoms with Gasteiger partial charge in [-0.25, -0.2) is 9.78 Å². The van der Waals surface area contributed by atoms with Crippen molar-refractivity contribution in [2.45, 2.75) is 31.7 Å². The van der Waals surface area contributed by atoms with Crippen LogP contribution in [0.5, 0.6) is 0 Å². The third-order valence-corrected chi connectivity index (χ3v) is 7.15. The molecule has 0 radical (unpaired) electrons. The second-order valence-electron chi connectivity index (χ2n) is 7.84. The summed E-state index contributed by atoms with van der Waals surface area (Å²) >= 11 is 1.35. The third kappa shape index (κ3) is 2.42. The zero-order chi connectivity index (χ0) is 21.4. The normalized spacial score (nSPS) is 31.7. The van der Waals surface area contributed by atoms with E-state index in [1.165, 1.54) is 18.4 Å². The van der Waals surface area contributed by atoms with E-state index in [0.717, 1.165) is 5.69 Å². The number of aromatic nitrogens is 1. The topological polar surface area (TPSA) is 146 Å². The van der Waals surface area contributed by atoms with Gasteiger partial charge in [0.15, 0.2) is 10.9 Å². The Kier molecular flexibility index (Phi) is 4.08. The number of nitrogens with one attached hydrogen (secondary N) is 2. The molecule has 5 rings (SSSR count). The predicted molar refractivity (Wildman–Crippen MR) is 106 cm³/mol. The number of methoxy groups -OCH3 is 1. The number of thiazole rings is 1. The van der Waals surface area contributed by atoms with Crippen LogP contribution in [0.25, 0.3) is 0 Å². The summed E-state index contributed by atoms with van der Waals surface area (Å²) < 4.78 is 11.0. The van der Waals surface area contributed by atoms with Crippen molar-refractivity contribution in [2.75, 3.05) is 25.6 Å². The number of primary amides is 1. The lowest BCUT2D eigenvalue weighted by Gasteiger charge is -2.39. The Morgan fingerprint density at radius 3 is 2.83 bits per heavy atom. The number of nitrogens with zero attached hydrogens (tertiary/aromatic N) is 2. The Bertz CT molecular complexity index is 1060. The standard InChI is InChI=1S/C19H21N5O5S/c1-7-6-30-18(21-7)23-12-8(2)14(25)13-11(15(12)26)9(5-29-17(20)27)19(28-3)16-10(22-16)4-24(13)19/h6,9-10,16,22H,4-5H2,1-3H3,(H2,20,27)(H,21,23). The van der Waals surface area contributed by atoms with Gasteiger partial charge in [-0.3, -0.25) is 9.59 Å². The first-order chi connectivity index (χ1) is 14.3. The molecule has 4 unspecified atom stereocenters. The van der Waals surface area contributed by atoms with Crippen LogP contribution in [0.15, 0.2) is 27.9 Å². The largest absolute Gasteiger partial charge is 0.449 e. The molecular weight excluding hydrogens is 410 g/mol. The Hall–Kier alpha value is -2.76. The number of nitrogens with two attached hydrogens (primary N) is 1. The maximum Gasteiger partial charge on any atom is 0.404 e. The number of carbonyl (C=O) groups excluding carboxylic acids is 3. The highest BCUT2D eigenvalue weighted by Crippen LogP contribution is 2.55. The predicted octanol–water partition coefficient (Wildman–Crippen LogP) is 0.267. The van der Waals surface area contributed by atoms with Crippen LogP contribution in [0, 0.1) is 12.8 Å². The van der Waals surface area contributed by atoms with Crippen LogP contribution in [-0.4, -0.2) is 65.6 Å². The average molecular weight is 431 g/mol. The molecule has 0 saturated carbocycles. The number of amides is 1. The van der Waals surface area contributed by atoms with Crippen LogP contribution in [0.2, 0.25) is 0 Å². The molecule has 30 heavy (non-hydrogen) atoms. The van der Waals surface area contributed by atoms with Gasteiger partial charge in [0.05, 0.1) is 29.0 Å². The van der Waals surface area contributed by atoms with Crippen LogP contribution in [-0.2, 0) is 19.1 Å². The van der Waals surface area contributed by atoms with E-state index in [1.807, 2.05) is 17.2 Å².